The van der Waals surface area contributed by atoms with Gasteiger partial charge < -0.3 is 14.5 Å². The van der Waals surface area contributed by atoms with Gasteiger partial charge in [0.15, 0.2) is 0 Å². The van der Waals surface area contributed by atoms with E-state index in [0.717, 1.165) is 0 Å². The van der Waals surface area contributed by atoms with Gasteiger partial charge in [-0.15, -0.1) is 0 Å². The molecule has 0 fully saturated rings. The minimum atomic E-state index is -0.530. The second kappa shape index (κ2) is 5.52. The Labute approximate surface area is 126 Å². The highest BCUT2D eigenvalue weighted by atomic mass is 19.1. The standard InChI is InChI=1S/C17H14FNO3/c1-21-13-9-4-3-6-10(13)16-14(17(20)22-2)11-7-5-8-12(18)15(11)19-16/h3-9,19H,1-2H3. The van der Waals surface area contributed by atoms with Gasteiger partial charge in [0.1, 0.15) is 11.6 Å². The molecule has 0 saturated carbocycles. The predicted octanol–water partition coefficient (Wildman–Crippen LogP) is 3.77. The Morgan fingerprint density at radius 1 is 1.09 bits per heavy atom. The molecule has 2 aromatic carbocycles. The molecule has 0 spiro atoms. The van der Waals surface area contributed by atoms with Gasteiger partial charge in [0.25, 0.3) is 0 Å². The summed E-state index contributed by atoms with van der Waals surface area (Å²) in [6.45, 7) is 0. The molecule has 22 heavy (non-hydrogen) atoms. The van der Waals surface area contributed by atoms with Crippen molar-refractivity contribution in [2.24, 2.45) is 0 Å². The fraction of sp³-hybridized carbons (Fsp3) is 0.118. The number of aromatic nitrogens is 1. The zero-order valence-electron chi connectivity index (χ0n) is 12.1. The Kier molecular flexibility index (Phi) is 3.55. The first-order chi connectivity index (χ1) is 10.7. The molecule has 0 radical (unpaired) electrons. The summed E-state index contributed by atoms with van der Waals surface area (Å²) >= 11 is 0. The van der Waals surface area contributed by atoms with Gasteiger partial charge in [0, 0.05) is 10.9 Å². The molecule has 0 aliphatic rings. The molecule has 3 rings (SSSR count). The summed E-state index contributed by atoms with van der Waals surface area (Å²) in [5, 5.41) is 0.479. The molecule has 112 valence electrons. The van der Waals surface area contributed by atoms with Gasteiger partial charge in [-0.25, -0.2) is 9.18 Å². The van der Waals surface area contributed by atoms with Crippen LogP contribution in [0.3, 0.4) is 0 Å². The predicted molar refractivity (Wildman–Crippen MR) is 81.6 cm³/mol. The Hall–Kier alpha value is -2.82. The molecule has 3 aromatic rings. The Bertz CT molecular complexity index is 854. The van der Waals surface area contributed by atoms with Crippen LogP contribution < -0.4 is 4.74 Å². The van der Waals surface area contributed by atoms with Crippen LogP contribution in [0.25, 0.3) is 22.2 Å². The van der Waals surface area contributed by atoms with E-state index in [1.54, 1.807) is 31.4 Å². The van der Waals surface area contributed by atoms with E-state index in [4.69, 9.17) is 9.47 Å². The summed E-state index contributed by atoms with van der Waals surface area (Å²) in [5.74, 6) is -0.374. The van der Waals surface area contributed by atoms with E-state index in [1.807, 2.05) is 12.1 Å². The topological polar surface area (TPSA) is 51.3 Å². The number of hydrogen-bond donors (Lipinski definition) is 1. The summed E-state index contributed by atoms with van der Waals surface area (Å²) in [6.07, 6.45) is 0. The highest BCUT2D eigenvalue weighted by Gasteiger charge is 2.23. The van der Waals surface area contributed by atoms with Gasteiger partial charge >= 0.3 is 5.97 Å². The number of ether oxygens (including phenoxy) is 2. The van der Waals surface area contributed by atoms with Crippen LogP contribution in [0.5, 0.6) is 5.75 Å². The Morgan fingerprint density at radius 3 is 2.59 bits per heavy atom. The quantitative estimate of drug-likeness (QED) is 0.749. The highest BCUT2D eigenvalue weighted by molar-refractivity contribution is 6.10. The van der Waals surface area contributed by atoms with Gasteiger partial charge in [0.05, 0.1) is 31.0 Å². The average Bonchev–Trinajstić information content (AvgIpc) is 2.94. The summed E-state index contributed by atoms with van der Waals surface area (Å²) in [6, 6.07) is 11.8. The highest BCUT2D eigenvalue weighted by Crippen LogP contribution is 2.36. The van der Waals surface area contributed by atoms with E-state index >= 15 is 0 Å². The molecular formula is C17H14FNO3. The second-order valence-corrected chi connectivity index (χ2v) is 4.73. The summed E-state index contributed by atoms with van der Waals surface area (Å²) in [7, 11) is 2.84. The van der Waals surface area contributed by atoms with E-state index in [2.05, 4.69) is 4.98 Å². The lowest BCUT2D eigenvalue weighted by Crippen LogP contribution is -2.02. The molecule has 5 heteroatoms. The number of H-pyrrole nitrogens is 1. The SMILES string of the molecule is COC(=O)c1c(-c2ccccc2OC)[nH]c2c(F)cccc12. The molecule has 4 nitrogen and oxygen atoms in total. The van der Waals surface area contributed by atoms with Crippen LogP contribution in [0.4, 0.5) is 4.39 Å². The maximum absolute atomic E-state index is 14.0. The molecule has 0 aliphatic heterocycles. The third kappa shape index (κ3) is 2.11. The number of methoxy groups -OCH3 is 2. The number of benzene rings is 2. The van der Waals surface area contributed by atoms with Crippen LogP contribution in [0.2, 0.25) is 0 Å². The number of rotatable bonds is 3. The number of carbonyl (C=O) groups is 1. The van der Waals surface area contributed by atoms with Crippen molar-refractivity contribution in [3.63, 3.8) is 0 Å². The van der Waals surface area contributed by atoms with Crippen LogP contribution in [0.15, 0.2) is 42.5 Å². The average molecular weight is 299 g/mol. The molecule has 1 aromatic heterocycles. The van der Waals surface area contributed by atoms with Gasteiger partial charge in [-0.1, -0.05) is 24.3 Å². The van der Waals surface area contributed by atoms with Crippen LogP contribution >= 0.6 is 0 Å². The molecule has 0 amide bonds. The van der Waals surface area contributed by atoms with Crippen molar-refractivity contribution in [2.75, 3.05) is 14.2 Å². The number of halogens is 1. The Balaban J connectivity index is 2.38. The molecule has 0 saturated heterocycles. The van der Waals surface area contributed by atoms with E-state index in [-0.39, 0.29) is 5.52 Å². The number of fused-ring (bicyclic) bond motifs is 1. The van der Waals surface area contributed by atoms with Crippen molar-refractivity contribution >= 4 is 16.9 Å². The lowest BCUT2D eigenvalue weighted by molar-refractivity contribution is 0.0604. The molecule has 0 bridgehead atoms. The van der Waals surface area contributed by atoms with E-state index < -0.39 is 11.8 Å². The normalized spacial score (nSPS) is 10.7. The lowest BCUT2D eigenvalue weighted by atomic mass is 10.0. The van der Waals surface area contributed by atoms with Crippen LogP contribution in [0.1, 0.15) is 10.4 Å². The third-order valence-electron chi connectivity index (χ3n) is 3.55. The number of aromatic amines is 1. The first-order valence-corrected chi connectivity index (χ1v) is 6.69. The third-order valence-corrected chi connectivity index (χ3v) is 3.55. The maximum atomic E-state index is 14.0. The van der Waals surface area contributed by atoms with Crippen molar-refractivity contribution < 1.29 is 18.7 Å². The van der Waals surface area contributed by atoms with Gasteiger partial charge in [-0.3, -0.25) is 0 Å². The van der Waals surface area contributed by atoms with Crippen molar-refractivity contribution in [3.8, 4) is 17.0 Å². The minimum absolute atomic E-state index is 0.267. The van der Waals surface area contributed by atoms with Gasteiger partial charge in [-0.2, -0.15) is 0 Å². The van der Waals surface area contributed by atoms with Gasteiger partial charge in [0.2, 0.25) is 0 Å². The number of esters is 1. The Morgan fingerprint density at radius 2 is 1.86 bits per heavy atom. The molecule has 0 aliphatic carbocycles. The smallest absolute Gasteiger partial charge is 0.340 e. The first-order valence-electron chi connectivity index (χ1n) is 6.69. The van der Waals surface area contributed by atoms with Crippen LogP contribution in [-0.4, -0.2) is 25.2 Å². The summed E-state index contributed by atoms with van der Waals surface area (Å²) < 4.78 is 24.2. The fourth-order valence-corrected chi connectivity index (χ4v) is 2.55. The maximum Gasteiger partial charge on any atom is 0.340 e. The second-order valence-electron chi connectivity index (χ2n) is 4.73. The molecule has 1 N–H and O–H groups in total. The number of hydrogen-bond acceptors (Lipinski definition) is 3. The van der Waals surface area contributed by atoms with Crippen LogP contribution in [0, 0.1) is 5.82 Å². The van der Waals surface area contributed by atoms with Crippen molar-refractivity contribution in [2.45, 2.75) is 0 Å². The fourth-order valence-electron chi connectivity index (χ4n) is 2.55. The molecule has 0 atom stereocenters. The van der Waals surface area contributed by atoms with E-state index in [9.17, 15) is 9.18 Å². The van der Waals surface area contributed by atoms with Crippen molar-refractivity contribution in [3.05, 3.63) is 53.8 Å². The van der Waals surface area contributed by atoms with E-state index in [1.165, 1.54) is 13.2 Å². The monoisotopic (exact) mass is 299 g/mol. The van der Waals surface area contributed by atoms with Crippen molar-refractivity contribution in [1.29, 1.82) is 0 Å². The minimum Gasteiger partial charge on any atom is -0.496 e. The zero-order valence-corrected chi connectivity index (χ0v) is 12.1. The molecule has 0 unspecified atom stereocenters. The first kappa shape index (κ1) is 14.1. The lowest BCUT2D eigenvalue weighted by Gasteiger charge is -2.08. The largest absolute Gasteiger partial charge is 0.496 e. The summed E-state index contributed by atoms with van der Waals surface area (Å²) in [5.41, 5.74) is 1.70. The van der Waals surface area contributed by atoms with E-state index in [0.29, 0.717) is 28.0 Å². The number of para-hydroxylation sites is 2. The summed E-state index contributed by atoms with van der Waals surface area (Å²) in [4.78, 5) is 15.2. The number of carbonyl (C=O) groups excluding carboxylic acids is 1. The number of nitrogens with one attached hydrogen (secondary N) is 1. The van der Waals surface area contributed by atoms with Crippen LogP contribution in [-0.2, 0) is 4.74 Å². The van der Waals surface area contributed by atoms with Crippen molar-refractivity contribution in [1.82, 2.24) is 4.98 Å². The molecule has 1 heterocycles. The zero-order chi connectivity index (χ0) is 15.7. The molecular weight excluding hydrogens is 285 g/mol. The van der Waals surface area contributed by atoms with Gasteiger partial charge in [-0.05, 0) is 18.2 Å².